The van der Waals surface area contributed by atoms with Crippen molar-refractivity contribution in [3.8, 4) is 0 Å². The lowest BCUT2D eigenvalue weighted by Crippen LogP contribution is -2.57. The van der Waals surface area contributed by atoms with Crippen LogP contribution in [0.5, 0.6) is 0 Å². The van der Waals surface area contributed by atoms with Crippen molar-refractivity contribution in [2.24, 2.45) is 0 Å². The first-order valence-corrected chi connectivity index (χ1v) is 4.94. The third-order valence-electron chi connectivity index (χ3n) is 2.27. The quantitative estimate of drug-likeness (QED) is 0.712. The van der Waals surface area contributed by atoms with E-state index < -0.39 is 18.1 Å². The molecule has 0 radical (unpaired) electrons. The van der Waals surface area contributed by atoms with Gasteiger partial charge in [0.2, 0.25) is 0 Å². The van der Waals surface area contributed by atoms with Crippen LogP contribution >= 0.6 is 0 Å². The maximum absolute atomic E-state index is 11.6. The van der Waals surface area contributed by atoms with Gasteiger partial charge < -0.3 is 14.6 Å². The van der Waals surface area contributed by atoms with E-state index in [1.54, 1.807) is 6.92 Å². The van der Waals surface area contributed by atoms with Gasteiger partial charge in [-0.15, -0.1) is 0 Å². The molecule has 0 saturated carbocycles. The van der Waals surface area contributed by atoms with Gasteiger partial charge in [-0.1, -0.05) is 12.7 Å². The lowest BCUT2D eigenvalue weighted by atomic mass is 10.2. The number of carboxylic acid groups (broad SMARTS) is 1. The van der Waals surface area contributed by atoms with Crippen LogP contribution in [0.15, 0.2) is 12.7 Å². The summed E-state index contributed by atoms with van der Waals surface area (Å²) in [5, 5.41) is 8.95. The summed E-state index contributed by atoms with van der Waals surface area (Å²) in [6.07, 6.45) is 0.779. The Labute approximate surface area is 93.4 Å². The minimum Gasteiger partial charge on any atom is -0.480 e. The van der Waals surface area contributed by atoms with Gasteiger partial charge in [0.05, 0.1) is 19.3 Å². The highest BCUT2D eigenvalue weighted by atomic mass is 16.6. The lowest BCUT2D eigenvalue weighted by Gasteiger charge is -2.37. The molecular weight excluding hydrogens is 214 g/mol. The van der Waals surface area contributed by atoms with Gasteiger partial charge in [-0.2, -0.15) is 0 Å². The average Bonchev–Trinajstić information content (AvgIpc) is 2.25. The molecule has 2 atom stereocenters. The van der Waals surface area contributed by atoms with Crippen LogP contribution in [0.3, 0.4) is 0 Å². The van der Waals surface area contributed by atoms with E-state index in [4.69, 9.17) is 14.6 Å². The number of carbonyl (C=O) groups excluding carboxylic acids is 1. The van der Waals surface area contributed by atoms with Gasteiger partial charge in [0.1, 0.15) is 6.61 Å². The Kier molecular flexibility index (Phi) is 4.30. The van der Waals surface area contributed by atoms with Crippen molar-refractivity contribution < 1.29 is 24.2 Å². The van der Waals surface area contributed by atoms with Crippen LogP contribution in [0.2, 0.25) is 0 Å². The number of carbonyl (C=O) groups is 2. The molecule has 0 unspecified atom stereocenters. The fourth-order valence-electron chi connectivity index (χ4n) is 1.52. The number of amides is 1. The van der Waals surface area contributed by atoms with Gasteiger partial charge in [0.15, 0.2) is 6.04 Å². The predicted octanol–water partition coefficient (Wildman–Crippen LogP) is 0.483. The van der Waals surface area contributed by atoms with Crippen LogP contribution < -0.4 is 0 Å². The zero-order chi connectivity index (χ0) is 12.1. The van der Waals surface area contributed by atoms with Crippen LogP contribution in [0, 0.1) is 0 Å². The van der Waals surface area contributed by atoms with Gasteiger partial charge in [-0.3, -0.25) is 4.90 Å². The highest BCUT2D eigenvalue weighted by Crippen LogP contribution is 2.15. The van der Waals surface area contributed by atoms with E-state index in [0.717, 1.165) is 0 Å². The SMILES string of the molecule is C=CCOC(=O)N1[C@H](C)COC[C@@H]1C(=O)O. The average molecular weight is 229 g/mol. The third-order valence-corrected chi connectivity index (χ3v) is 2.27. The van der Waals surface area contributed by atoms with E-state index in [9.17, 15) is 9.59 Å². The topological polar surface area (TPSA) is 76.1 Å². The molecule has 0 aromatic rings. The second kappa shape index (κ2) is 5.50. The first kappa shape index (κ1) is 12.5. The van der Waals surface area contributed by atoms with Crippen molar-refractivity contribution in [1.29, 1.82) is 0 Å². The maximum atomic E-state index is 11.6. The van der Waals surface area contributed by atoms with Gasteiger partial charge in [-0.25, -0.2) is 9.59 Å². The first-order chi connectivity index (χ1) is 7.57. The molecule has 0 aromatic carbocycles. The monoisotopic (exact) mass is 229 g/mol. The van der Waals surface area contributed by atoms with Crippen molar-refractivity contribution in [3.63, 3.8) is 0 Å². The summed E-state index contributed by atoms with van der Waals surface area (Å²) < 4.78 is 9.92. The van der Waals surface area contributed by atoms with Crippen LogP contribution in [0.25, 0.3) is 0 Å². The molecule has 6 nitrogen and oxygen atoms in total. The van der Waals surface area contributed by atoms with Crippen LogP contribution in [0.1, 0.15) is 6.92 Å². The molecule has 1 heterocycles. The van der Waals surface area contributed by atoms with Gasteiger partial charge in [0.25, 0.3) is 0 Å². The number of ether oxygens (including phenoxy) is 2. The molecule has 1 aliphatic heterocycles. The van der Waals surface area contributed by atoms with Crippen molar-refractivity contribution in [1.82, 2.24) is 4.90 Å². The molecule has 1 fully saturated rings. The molecule has 1 saturated heterocycles. The molecule has 16 heavy (non-hydrogen) atoms. The highest BCUT2D eigenvalue weighted by molar-refractivity contribution is 5.80. The number of morpholine rings is 1. The molecule has 1 N–H and O–H groups in total. The van der Waals surface area contributed by atoms with Gasteiger partial charge >= 0.3 is 12.1 Å². The van der Waals surface area contributed by atoms with E-state index in [1.807, 2.05) is 0 Å². The summed E-state index contributed by atoms with van der Waals surface area (Å²) in [7, 11) is 0. The number of hydrogen-bond acceptors (Lipinski definition) is 4. The summed E-state index contributed by atoms with van der Waals surface area (Å²) in [4.78, 5) is 23.7. The minimum atomic E-state index is -1.10. The predicted molar refractivity (Wildman–Crippen MR) is 55.1 cm³/mol. The molecule has 1 rings (SSSR count). The molecule has 90 valence electrons. The zero-order valence-electron chi connectivity index (χ0n) is 9.09. The van der Waals surface area contributed by atoms with E-state index in [1.165, 1.54) is 11.0 Å². The molecular formula is C10H15NO5. The van der Waals surface area contributed by atoms with E-state index in [2.05, 4.69) is 6.58 Å². The molecule has 1 aliphatic rings. The fourth-order valence-corrected chi connectivity index (χ4v) is 1.52. The Morgan fingerprint density at radius 2 is 2.31 bits per heavy atom. The molecule has 0 aliphatic carbocycles. The fraction of sp³-hybridized carbons (Fsp3) is 0.600. The molecule has 0 aromatic heterocycles. The summed E-state index contributed by atoms with van der Waals surface area (Å²) >= 11 is 0. The zero-order valence-corrected chi connectivity index (χ0v) is 9.09. The highest BCUT2D eigenvalue weighted by Gasteiger charge is 2.37. The largest absolute Gasteiger partial charge is 0.480 e. The summed E-state index contributed by atoms with van der Waals surface area (Å²) in [5.74, 6) is -1.10. The molecule has 6 heteroatoms. The number of nitrogens with zero attached hydrogens (tertiary/aromatic N) is 1. The molecule has 0 spiro atoms. The minimum absolute atomic E-state index is 0.0110. The first-order valence-electron chi connectivity index (χ1n) is 4.94. The van der Waals surface area contributed by atoms with Gasteiger partial charge in [-0.05, 0) is 6.92 Å². The van der Waals surface area contributed by atoms with Crippen molar-refractivity contribution in [2.75, 3.05) is 19.8 Å². The van der Waals surface area contributed by atoms with Crippen molar-refractivity contribution in [2.45, 2.75) is 19.0 Å². The van der Waals surface area contributed by atoms with E-state index >= 15 is 0 Å². The summed E-state index contributed by atoms with van der Waals surface area (Å²) in [5.41, 5.74) is 0. The number of carboxylic acids is 1. The molecule has 0 bridgehead atoms. The number of rotatable bonds is 3. The van der Waals surface area contributed by atoms with Crippen LogP contribution in [0.4, 0.5) is 4.79 Å². The van der Waals surface area contributed by atoms with Gasteiger partial charge in [0, 0.05) is 0 Å². The lowest BCUT2D eigenvalue weighted by molar-refractivity contribution is -0.150. The van der Waals surface area contributed by atoms with Crippen molar-refractivity contribution >= 4 is 12.1 Å². The summed E-state index contributed by atoms with van der Waals surface area (Å²) in [6.45, 7) is 5.49. The Morgan fingerprint density at radius 1 is 1.62 bits per heavy atom. The Balaban J connectivity index is 2.73. The normalized spacial score (nSPS) is 24.9. The Morgan fingerprint density at radius 3 is 2.88 bits per heavy atom. The second-order valence-electron chi connectivity index (χ2n) is 3.51. The third kappa shape index (κ3) is 2.73. The molecule has 1 amide bonds. The second-order valence-corrected chi connectivity index (χ2v) is 3.51. The Hall–Kier alpha value is -1.56. The Bertz CT molecular complexity index is 291. The van der Waals surface area contributed by atoms with Crippen LogP contribution in [-0.4, -0.2) is 54.0 Å². The standard InChI is InChI=1S/C10H15NO5/c1-3-4-16-10(14)11-7(2)5-15-6-8(11)9(12)13/h3,7-8H,1,4-6H2,2H3,(H,12,13)/t7-,8-/m1/s1. The van der Waals surface area contributed by atoms with E-state index in [0.29, 0.717) is 6.61 Å². The smallest absolute Gasteiger partial charge is 0.411 e. The van der Waals surface area contributed by atoms with Crippen LogP contribution in [-0.2, 0) is 14.3 Å². The number of aliphatic carboxylic acids is 1. The number of hydrogen-bond donors (Lipinski definition) is 1. The van der Waals surface area contributed by atoms with Crippen molar-refractivity contribution in [3.05, 3.63) is 12.7 Å². The summed E-state index contributed by atoms with van der Waals surface area (Å²) in [6, 6.07) is -1.30. The maximum Gasteiger partial charge on any atom is 0.411 e. The van der Waals surface area contributed by atoms with E-state index in [-0.39, 0.29) is 19.3 Å².